The summed E-state index contributed by atoms with van der Waals surface area (Å²) in [6, 6.07) is 19.7. The Morgan fingerprint density at radius 3 is 2.30 bits per heavy atom. The first-order valence-electron chi connectivity index (χ1n) is 6.75. The van der Waals surface area contributed by atoms with Gasteiger partial charge in [0.1, 0.15) is 5.60 Å². The van der Waals surface area contributed by atoms with E-state index in [0.29, 0.717) is 6.42 Å². The van der Waals surface area contributed by atoms with Gasteiger partial charge in [0.2, 0.25) is 5.91 Å². The molecule has 1 heterocycles. The lowest BCUT2D eigenvalue weighted by Gasteiger charge is -2.39. The van der Waals surface area contributed by atoms with E-state index in [0.717, 1.165) is 11.1 Å². The zero-order chi connectivity index (χ0) is 14.0. The second kappa shape index (κ2) is 5.10. The normalized spacial score (nSPS) is 26.1. The molecule has 1 unspecified atom stereocenters. The van der Waals surface area contributed by atoms with Crippen LogP contribution in [0.4, 0.5) is 0 Å². The van der Waals surface area contributed by atoms with Crippen molar-refractivity contribution in [3.8, 4) is 0 Å². The van der Waals surface area contributed by atoms with Gasteiger partial charge in [-0.2, -0.15) is 0 Å². The average molecular weight is 267 g/mol. The largest absolute Gasteiger partial charge is 0.343 e. The Balaban J connectivity index is 1.92. The highest BCUT2D eigenvalue weighted by atomic mass is 16.5. The van der Waals surface area contributed by atoms with Crippen LogP contribution in [-0.4, -0.2) is 5.91 Å². The lowest BCUT2D eigenvalue weighted by molar-refractivity contribution is -0.164. The molecule has 1 fully saturated rings. The van der Waals surface area contributed by atoms with E-state index in [1.54, 1.807) is 0 Å². The molecule has 0 aromatic heterocycles. The van der Waals surface area contributed by atoms with E-state index in [9.17, 15) is 4.79 Å². The van der Waals surface area contributed by atoms with Crippen LogP contribution >= 0.6 is 0 Å². The van der Waals surface area contributed by atoms with E-state index >= 15 is 0 Å². The minimum absolute atomic E-state index is 0.0106. The fourth-order valence-corrected chi connectivity index (χ4v) is 2.57. The Hall–Kier alpha value is -2.13. The molecule has 1 saturated heterocycles. The van der Waals surface area contributed by atoms with Gasteiger partial charge in [0.15, 0.2) is 6.23 Å². The summed E-state index contributed by atoms with van der Waals surface area (Å²) >= 11 is 0. The van der Waals surface area contributed by atoms with Gasteiger partial charge in [-0.25, -0.2) is 0 Å². The van der Waals surface area contributed by atoms with E-state index in [4.69, 9.17) is 4.74 Å². The molecule has 3 rings (SSSR count). The highest BCUT2D eigenvalue weighted by Crippen LogP contribution is 2.37. The fraction of sp³-hybridized carbons (Fsp3) is 0.235. The van der Waals surface area contributed by atoms with Crippen LogP contribution in [0.2, 0.25) is 0 Å². The first kappa shape index (κ1) is 12.9. The Labute approximate surface area is 118 Å². The van der Waals surface area contributed by atoms with E-state index < -0.39 is 11.8 Å². The van der Waals surface area contributed by atoms with Crippen molar-refractivity contribution in [2.75, 3.05) is 0 Å². The van der Waals surface area contributed by atoms with Crippen LogP contribution in [0.15, 0.2) is 60.7 Å². The Morgan fingerprint density at radius 1 is 1.05 bits per heavy atom. The van der Waals surface area contributed by atoms with E-state index in [2.05, 4.69) is 5.32 Å². The second-order valence-electron chi connectivity index (χ2n) is 5.25. The SMILES string of the molecule is CC1(c2ccccc2)CC(=O)N[C@@H](c2ccccc2)O1. The van der Waals surface area contributed by atoms with Crippen LogP contribution < -0.4 is 5.32 Å². The number of carbonyl (C=O) groups is 1. The summed E-state index contributed by atoms with van der Waals surface area (Å²) in [4.78, 5) is 12.0. The van der Waals surface area contributed by atoms with Gasteiger partial charge in [0.05, 0.1) is 6.42 Å². The molecule has 3 heteroatoms. The molecule has 1 N–H and O–H groups in total. The molecule has 1 aliphatic rings. The Kier molecular flexibility index (Phi) is 3.28. The van der Waals surface area contributed by atoms with Crippen LogP contribution in [0.1, 0.15) is 30.7 Å². The van der Waals surface area contributed by atoms with Crippen molar-refractivity contribution in [1.29, 1.82) is 0 Å². The molecular formula is C17H17NO2. The van der Waals surface area contributed by atoms with Crippen molar-refractivity contribution in [2.45, 2.75) is 25.2 Å². The van der Waals surface area contributed by atoms with Gasteiger partial charge < -0.3 is 10.1 Å². The molecule has 0 saturated carbocycles. The Bertz CT molecular complexity index is 597. The third-order valence-electron chi connectivity index (χ3n) is 3.65. The average Bonchev–Trinajstić information content (AvgIpc) is 2.48. The van der Waals surface area contributed by atoms with E-state index in [1.807, 2.05) is 67.6 Å². The van der Waals surface area contributed by atoms with Gasteiger partial charge in [-0.1, -0.05) is 60.7 Å². The summed E-state index contributed by atoms with van der Waals surface area (Å²) in [6.07, 6.45) is -0.0666. The molecule has 102 valence electrons. The molecule has 2 aromatic carbocycles. The van der Waals surface area contributed by atoms with Gasteiger partial charge in [-0.05, 0) is 12.5 Å². The summed E-state index contributed by atoms with van der Waals surface area (Å²) in [5.74, 6) is 0.0106. The van der Waals surface area contributed by atoms with Crippen molar-refractivity contribution in [3.63, 3.8) is 0 Å². The minimum atomic E-state index is -0.593. The Morgan fingerprint density at radius 2 is 1.65 bits per heavy atom. The van der Waals surface area contributed by atoms with Gasteiger partial charge in [0, 0.05) is 5.56 Å². The number of nitrogens with one attached hydrogen (secondary N) is 1. The highest BCUT2D eigenvalue weighted by molar-refractivity contribution is 5.78. The van der Waals surface area contributed by atoms with E-state index in [1.165, 1.54) is 0 Å². The smallest absolute Gasteiger partial charge is 0.225 e. The summed E-state index contributed by atoms with van der Waals surface area (Å²) in [5, 5.41) is 2.90. The monoisotopic (exact) mass is 267 g/mol. The maximum Gasteiger partial charge on any atom is 0.225 e. The fourth-order valence-electron chi connectivity index (χ4n) is 2.57. The lowest BCUT2D eigenvalue weighted by atomic mass is 9.90. The van der Waals surface area contributed by atoms with Crippen molar-refractivity contribution in [2.24, 2.45) is 0 Å². The molecule has 0 aliphatic carbocycles. The van der Waals surface area contributed by atoms with Gasteiger partial charge >= 0.3 is 0 Å². The van der Waals surface area contributed by atoms with Crippen LogP contribution in [0.25, 0.3) is 0 Å². The zero-order valence-corrected chi connectivity index (χ0v) is 11.4. The summed E-state index contributed by atoms with van der Waals surface area (Å²) in [6.45, 7) is 1.97. The number of hydrogen-bond donors (Lipinski definition) is 1. The van der Waals surface area contributed by atoms with Crippen LogP contribution in [-0.2, 0) is 15.1 Å². The maximum atomic E-state index is 12.0. The van der Waals surface area contributed by atoms with Crippen molar-refractivity contribution in [3.05, 3.63) is 71.8 Å². The number of amides is 1. The molecule has 1 amide bonds. The predicted molar refractivity (Wildman–Crippen MR) is 76.8 cm³/mol. The highest BCUT2D eigenvalue weighted by Gasteiger charge is 2.38. The van der Waals surface area contributed by atoms with Gasteiger partial charge in [-0.3, -0.25) is 4.79 Å². The minimum Gasteiger partial charge on any atom is -0.343 e. The third-order valence-corrected chi connectivity index (χ3v) is 3.65. The molecule has 0 radical (unpaired) electrons. The van der Waals surface area contributed by atoms with Gasteiger partial charge in [-0.15, -0.1) is 0 Å². The van der Waals surface area contributed by atoms with Crippen molar-refractivity contribution >= 4 is 5.91 Å². The number of benzene rings is 2. The summed E-state index contributed by atoms with van der Waals surface area (Å²) in [5.41, 5.74) is 1.39. The first-order chi connectivity index (χ1) is 9.67. The molecule has 0 spiro atoms. The van der Waals surface area contributed by atoms with Crippen molar-refractivity contribution in [1.82, 2.24) is 5.32 Å². The van der Waals surface area contributed by atoms with Crippen LogP contribution in [0.3, 0.4) is 0 Å². The predicted octanol–water partition coefficient (Wildman–Crippen LogP) is 3.14. The maximum absolute atomic E-state index is 12.0. The zero-order valence-electron chi connectivity index (χ0n) is 11.4. The first-order valence-corrected chi connectivity index (χ1v) is 6.75. The van der Waals surface area contributed by atoms with Crippen LogP contribution in [0.5, 0.6) is 0 Å². The molecule has 0 bridgehead atoms. The molecule has 1 aliphatic heterocycles. The molecular weight excluding hydrogens is 250 g/mol. The van der Waals surface area contributed by atoms with Crippen LogP contribution in [0, 0.1) is 0 Å². The van der Waals surface area contributed by atoms with Gasteiger partial charge in [0.25, 0.3) is 0 Å². The molecule has 2 atom stereocenters. The number of rotatable bonds is 2. The summed E-state index contributed by atoms with van der Waals surface area (Å²) in [7, 11) is 0. The molecule has 2 aromatic rings. The molecule has 3 nitrogen and oxygen atoms in total. The lowest BCUT2D eigenvalue weighted by Crippen LogP contribution is -2.46. The summed E-state index contributed by atoms with van der Waals surface area (Å²) < 4.78 is 6.18. The molecule has 20 heavy (non-hydrogen) atoms. The number of carbonyl (C=O) groups excluding carboxylic acids is 1. The topological polar surface area (TPSA) is 38.3 Å². The number of ether oxygens (including phenoxy) is 1. The quantitative estimate of drug-likeness (QED) is 0.907. The second-order valence-corrected chi connectivity index (χ2v) is 5.25. The number of hydrogen-bond acceptors (Lipinski definition) is 2. The standard InChI is InChI=1S/C17H17NO2/c1-17(14-10-6-3-7-11-14)12-15(19)18-16(20-17)13-8-4-2-5-9-13/h2-11,16H,12H2,1H3,(H,18,19)/t16-,17?/m1/s1. The third kappa shape index (κ3) is 2.45. The van der Waals surface area contributed by atoms with E-state index in [-0.39, 0.29) is 5.91 Å². The van der Waals surface area contributed by atoms with Crippen molar-refractivity contribution < 1.29 is 9.53 Å².